The minimum Gasteiger partial charge on any atom is -0.383 e. The largest absolute Gasteiger partial charge is 0.383 e. The van der Waals surface area contributed by atoms with Crippen molar-refractivity contribution in [2.75, 3.05) is 31.0 Å². The molecule has 0 radical (unpaired) electrons. The number of aryl methyl sites for hydroxylation is 2. The van der Waals surface area contributed by atoms with Gasteiger partial charge in [-0.25, -0.2) is 13.4 Å². The summed E-state index contributed by atoms with van der Waals surface area (Å²) in [5, 5.41) is 3.26. The summed E-state index contributed by atoms with van der Waals surface area (Å²) in [5.74, 6) is 0.952. The fourth-order valence-electron chi connectivity index (χ4n) is 1.84. The van der Waals surface area contributed by atoms with Crippen LogP contribution in [-0.4, -0.2) is 49.7 Å². The van der Waals surface area contributed by atoms with Crippen LogP contribution in [0.1, 0.15) is 19.0 Å². The molecule has 1 N–H and O–H groups in total. The zero-order chi connectivity index (χ0) is 14.5. The van der Waals surface area contributed by atoms with Gasteiger partial charge in [0.15, 0.2) is 0 Å². The first-order valence-electron chi connectivity index (χ1n) is 6.29. The lowest BCUT2D eigenvalue weighted by atomic mass is 10.4. The zero-order valence-electron chi connectivity index (χ0n) is 12.0. The highest BCUT2D eigenvalue weighted by Gasteiger charge is 2.10. The first kappa shape index (κ1) is 16.0. The lowest BCUT2D eigenvalue weighted by Crippen LogP contribution is -2.23. The van der Waals surface area contributed by atoms with E-state index in [1.165, 1.54) is 6.26 Å². The van der Waals surface area contributed by atoms with Crippen LogP contribution in [0.3, 0.4) is 0 Å². The van der Waals surface area contributed by atoms with E-state index in [-0.39, 0.29) is 11.8 Å². The molecule has 1 rings (SSSR count). The third-order valence-electron chi connectivity index (χ3n) is 2.60. The van der Waals surface area contributed by atoms with Crippen LogP contribution in [0.4, 0.5) is 5.95 Å². The number of ether oxygens (including phenoxy) is 1. The van der Waals surface area contributed by atoms with Crippen molar-refractivity contribution < 1.29 is 13.2 Å². The molecule has 1 heterocycles. The van der Waals surface area contributed by atoms with Crippen LogP contribution < -0.4 is 5.32 Å². The minimum atomic E-state index is -2.91. The van der Waals surface area contributed by atoms with Crippen molar-refractivity contribution in [3.8, 4) is 0 Å². The summed E-state index contributed by atoms with van der Waals surface area (Å²) in [4.78, 5) is 4.39. The van der Waals surface area contributed by atoms with Gasteiger partial charge in [0.2, 0.25) is 5.95 Å². The molecule has 6 nitrogen and oxygen atoms in total. The van der Waals surface area contributed by atoms with E-state index in [4.69, 9.17) is 4.74 Å². The second-order valence-corrected chi connectivity index (χ2v) is 7.14. The van der Waals surface area contributed by atoms with Gasteiger partial charge in [0.1, 0.15) is 9.84 Å². The zero-order valence-corrected chi connectivity index (χ0v) is 12.8. The van der Waals surface area contributed by atoms with E-state index >= 15 is 0 Å². The van der Waals surface area contributed by atoms with Crippen LogP contribution in [0.15, 0.2) is 6.20 Å². The highest BCUT2D eigenvalue weighted by Crippen LogP contribution is 2.11. The Bertz CT molecular complexity index is 496. The fourth-order valence-corrected chi connectivity index (χ4v) is 2.50. The number of aromatic nitrogens is 2. The van der Waals surface area contributed by atoms with E-state index < -0.39 is 9.84 Å². The number of hydrogen-bond acceptors (Lipinski definition) is 5. The average Bonchev–Trinajstić information content (AvgIpc) is 2.57. The average molecular weight is 289 g/mol. The Morgan fingerprint density at radius 1 is 1.53 bits per heavy atom. The first-order chi connectivity index (χ1) is 8.81. The minimum absolute atomic E-state index is 0.153. The van der Waals surface area contributed by atoms with Crippen molar-refractivity contribution >= 4 is 15.8 Å². The maximum atomic E-state index is 11.1. The van der Waals surface area contributed by atoms with Gasteiger partial charge in [-0.2, -0.15) is 0 Å². The van der Waals surface area contributed by atoms with Crippen molar-refractivity contribution in [2.24, 2.45) is 0 Å². The Labute approximate surface area is 115 Å². The number of hydrogen-bond donors (Lipinski definition) is 1. The van der Waals surface area contributed by atoms with Gasteiger partial charge in [0, 0.05) is 32.1 Å². The van der Waals surface area contributed by atoms with E-state index in [2.05, 4.69) is 10.3 Å². The summed E-state index contributed by atoms with van der Waals surface area (Å²) in [6.45, 7) is 5.15. The lowest BCUT2D eigenvalue weighted by molar-refractivity contribution is 0.190. The topological polar surface area (TPSA) is 73.2 Å². The highest BCUT2D eigenvalue weighted by atomic mass is 32.2. The van der Waals surface area contributed by atoms with Gasteiger partial charge in [-0.05, 0) is 20.3 Å². The van der Waals surface area contributed by atoms with E-state index in [1.54, 1.807) is 7.11 Å². The number of sulfone groups is 1. The molecule has 0 saturated heterocycles. The molecule has 0 amide bonds. The molecule has 1 aromatic heterocycles. The summed E-state index contributed by atoms with van der Waals surface area (Å²) in [6, 6.07) is 0.153. The molecule has 0 aliphatic rings. The number of imidazole rings is 1. The molecule has 19 heavy (non-hydrogen) atoms. The molecular weight excluding hydrogens is 266 g/mol. The van der Waals surface area contributed by atoms with Crippen LogP contribution >= 0.6 is 0 Å². The van der Waals surface area contributed by atoms with Crippen molar-refractivity contribution in [1.29, 1.82) is 0 Å². The first-order valence-corrected chi connectivity index (χ1v) is 8.35. The molecule has 0 aliphatic carbocycles. The third kappa shape index (κ3) is 6.07. The summed E-state index contributed by atoms with van der Waals surface area (Å²) in [5.41, 5.74) is 0.909. The van der Waals surface area contributed by atoms with E-state index in [9.17, 15) is 8.42 Å². The van der Waals surface area contributed by atoms with Crippen molar-refractivity contribution in [3.05, 3.63) is 11.9 Å². The molecule has 7 heteroatoms. The number of nitrogens with zero attached hydrogens (tertiary/aromatic N) is 2. The fraction of sp³-hybridized carbons (Fsp3) is 0.750. The second kappa shape index (κ2) is 6.91. The number of methoxy groups -OCH3 is 1. The summed E-state index contributed by atoms with van der Waals surface area (Å²) in [7, 11) is -1.25. The number of rotatable bonds is 8. The van der Waals surface area contributed by atoms with Crippen LogP contribution in [-0.2, 0) is 21.1 Å². The van der Waals surface area contributed by atoms with E-state index in [1.807, 2.05) is 24.6 Å². The van der Waals surface area contributed by atoms with Crippen LogP contribution in [0.25, 0.3) is 0 Å². The van der Waals surface area contributed by atoms with Crippen molar-refractivity contribution in [1.82, 2.24) is 9.55 Å². The van der Waals surface area contributed by atoms with Gasteiger partial charge in [-0.3, -0.25) is 0 Å². The maximum absolute atomic E-state index is 11.1. The Kier molecular flexibility index (Phi) is 5.81. The predicted octanol–water partition coefficient (Wildman–Crippen LogP) is 1.07. The molecule has 0 saturated carbocycles. The summed E-state index contributed by atoms with van der Waals surface area (Å²) in [6.07, 6.45) is 3.76. The van der Waals surface area contributed by atoms with Gasteiger partial charge >= 0.3 is 0 Å². The van der Waals surface area contributed by atoms with Gasteiger partial charge in [-0.15, -0.1) is 0 Å². The van der Waals surface area contributed by atoms with Gasteiger partial charge < -0.3 is 14.6 Å². The van der Waals surface area contributed by atoms with Crippen molar-refractivity contribution in [2.45, 2.75) is 32.9 Å². The summed E-state index contributed by atoms with van der Waals surface area (Å²) >= 11 is 0. The monoisotopic (exact) mass is 289 g/mol. The second-order valence-electron chi connectivity index (χ2n) is 4.88. The van der Waals surface area contributed by atoms with Crippen LogP contribution in [0, 0.1) is 6.92 Å². The van der Waals surface area contributed by atoms with Gasteiger partial charge in [-0.1, -0.05) is 0 Å². The molecule has 1 atom stereocenters. The van der Waals surface area contributed by atoms with E-state index in [0.29, 0.717) is 19.6 Å². The standard InChI is InChI=1S/C12H23N3O3S/c1-10-8-15(6-5-7-19(4,16)17)12(13-10)14-11(2)9-18-3/h8,11H,5-7,9H2,1-4H3,(H,13,14). The molecular formula is C12H23N3O3S. The van der Waals surface area contributed by atoms with Gasteiger partial charge in [0.25, 0.3) is 0 Å². The molecule has 0 bridgehead atoms. The smallest absolute Gasteiger partial charge is 0.203 e. The highest BCUT2D eigenvalue weighted by molar-refractivity contribution is 7.90. The molecule has 110 valence electrons. The molecule has 0 aromatic carbocycles. The quantitative estimate of drug-likeness (QED) is 0.775. The van der Waals surface area contributed by atoms with Crippen molar-refractivity contribution in [3.63, 3.8) is 0 Å². The Hall–Kier alpha value is -1.08. The third-order valence-corrected chi connectivity index (χ3v) is 3.63. The summed E-state index contributed by atoms with van der Waals surface area (Å²) < 4.78 is 29.3. The molecule has 1 aromatic rings. The Morgan fingerprint density at radius 3 is 2.79 bits per heavy atom. The Morgan fingerprint density at radius 2 is 2.21 bits per heavy atom. The molecule has 0 fully saturated rings. The molecule has 0 spiro atoms. The lowest BCUT2D eigenvalue weighted by Gasteiger charge is -2.15. The maximum Gasteiger partial charge on any atom is 0.203 e. The SMILES string of the molecule is COCC(C)Nc1nc(C)cn1CCCS(C)(=O)=O. The number of nitrogens with one attached hydrogen (secondary N) is 1. The van der Waals surface area contributed by atoms with Crippen LogP contribution in [0.2, 0.25) is 0 Å². The number of anilines is 1. The normalized spacial score (nSPS) is 13.5. The van der Waals surface area contributed by atoms with Crippen LogP contribution in [0.5, 0.6) is 0 Å². The predicted molar refractivity (Wildman–Crippen MR) is 76.3 cm³/mol. The van der Waals surface area contributed by atoms with E-state index in [0.717, 1.165) is 11.6 Å². The van der Waals surface area contributed by atoms with Gasteiger partial charge in [0.05, 0.1) is 18.1 Å². The Balaban J connectivity index is 2.62. The molecule has 0 aliphatic heterocycles. The molecule has 1 unspecified atom stereocenters.